The molecule has 0 aromatic heterocycles. The van der Waals surface area contributed by atoms with Gasteiger partial charge < -0.3 is 9.84 Å². The third kappa shape index (κ3) is 14.7. The second-order valence-corrected chi connectivity index (χ2v) is 2.01. The molecule has 0 radical (unpaired) electrons. The van der Waals surface area contributed by atoms with Crippen LogP contribution in [0, 0.1) is 20.0 Å². The zero-order chi connectivity index (χ0) is 13.4. The first kappa shape index (κ1) is 24.8. The van der Waals surface area contributed by atoms with Crippen LogP contribution in [0.15, 0.2) is 24.3 Å². The number of ether oxygens (including phenoxy) is 1. The Labute approximate surface area is 111 Å². The Kier molecular flexibility index (Phi) is 35.2. The molecular formula is C11H10CrO5. The third-order valence-corrected chi connectivity index (χ3v) is 1.32. The maximum atomic E-state index is 8.70. The monoisotopic (exact) mass is 274 g/mol. The van der Waals surface area contributed by atoms with Gasteiger partial charge in [0, 0.05) is 17.4 Å². The van der Waals surface area contributed by atoms with Crippen molar-refractivity contribution in [2.24, 2.45) is 0 Å². The van der Waals surface area contributed by atoms with Crippen LogP contribution in [0.25, 0.3) is 0 Å². The van der Waals surface area contributed by atoms with E-state index in [-0.39, 0.29) is 24.0 Å². The average molecular weight is 274 g/mol. The summed E-state index contributed by atoms with van der Waals surface area (Å²) < 4.78 is 27.4. The zero-order valence-electron chi connectivity index (χ0n) is 9.00. The second kappa shape index (κ2) is 24.1. The number of benzene rings is 1. The molecule has 1 aromatic rings. The van der Waals surface area contributed by atoms with Gasteiger partial charge in [-0.05, 0) is 17.7 Å². The summed E-state index contributed by atoms with van der Waals surface area (Å²) in [6.45, 7) is 13.6. The summed E-state index contributed by atoms with van der Waals surface area (Å²) in [6, 6.07) is 7.35. The first-order chi connectivity index (χ1) is 7.86. The number of hydrogen-bond acceptors (Lipinski definition) is 2. The van der Waals surface area contributed by atoms with Crippen molar-refractivity contribution in [3.63, 3.8) is 0 Å². The molecule has 0 fully saturated rings. The van der Waals surface area contributed by atoms with E-state index in [0.29, 0.717) is 0 Å². The van der Waals surface area contributed by atoms with E-state index in [1.807, 2.05) is 18.2 Å². The van der Waals surface area contributed by atoms with Gasteiger partial charge in [-0.15, -0.1) is 0 Å². The molecular weight excluding hydrogens is 264 g/mol. The first-order valence-electron chi connectivity index (χ1n) is 3.72. The van der Waals surface area contributed by atoms with E-state index in [0.717, 1.165) is 11.3 Å². The Morgan fingerprint density at radius 2 is 1.59 bits per heavy atom. The van der Waals surface area contributed by atoms with Gasteiger partial charge in [-0.1, -0.05) is 12.1 Å². The van der Waals surface area contributed by atoms with Crippen molar-refractivity contribution in [2.75, 3.05) is 7.11 Å². The van der Waals surface area contributed by atoms with Crippen LogP contribution in [0.4, 0.5) is 0 Å². The van der Waals surface area contributed by atoms with Gasteiger partial charge >= 0.3 is 33.9 Å². The number of rotatable bonds is 2. The third-order valence-electron chi connectivity index (χ3n) is 1.32. The van der Waals surface area contributed by atoms with Gasteiger partial charge in [0.25, 0.3) is 0 Å². The maximum absolute atomic E-state index is 8.70. The van der Waals surface area contributed by atoms with Crippen LogP contribution in [-0.2, 0) is 37.9 Å². The molecule has 6 heteroatoms. The molecule has 0 saturated carbocycles. The van der Waals surface area contributed by atoms with Gasteiger partial charge in [-0.3, -0.25) is 0 Å². The predicted molar refractivity (Wildman–Crippen MR) is 50.7 cm³/mol. The smallest absolute Gasteiger partial charge is 0 e. The first-order valence-corrected chi connectivity index (χ1v) is 3.72. The minimum Gasteiger partial charge on any atom is 0 e. The van der Waals surface area contributed by atoms with E-state index < -0.39 is 0 Å². The Balaban J connectivity index is -0.000000106. The molecule has 1 aromatic carbocycles. The van der Waals surface area contributed by atoms with Crippen LogP contribution in [0.5, 0.6) is 5.75 Å². The molecule has 0 saturated heterocycles. The van der Waals surface area contributed by atoms with Gasteiger partial charge in [0.15, 0.2) is 0 Å². The van der Waals surface area contributed by atoms with Crippen molar-refractivity contribution >= 4 is 0 Å². The quantitative estimate of drug-likeness (QED) is 0.645. The fourth-order valence-electron chi connectivity index (χ4n) is 0.771. The molecule has 5 nitrogen and oxygen atoms in total. The largest absolute Gasteiger partial charge is 0 e. The van der Waals surface area contributed by atoms with Gasteiger partial charge in [-0.2, -0.15) is 0 Å². The summed E-state index contributed by atoms with van der Waals surface area (Å²) in [4.78, 5) is 0. The van der Waals surface area contributed by atoms with E-state index in [9.17, 15) is 0 Å². The number of hydrogen-bond donors (Lipinski definition) is 1. The van der Waals surface area contributed by atoms with Crippen molar-refractivity contribution in [3.05, 3.63) is 49.8 Å². The van der Waals surface area contributed by atoms with Gasteiger partial charge in [-0.25, -0.2) is 0 Å². The molecule has 0 unspecified atom stereocenters. The van der Waals surface area contributed by atoms with E-state index in [1.165, 1.54) is 0 Å². The number of methoxy groups -OCH3 is 1. The fraction of sp³-hybridized carbons (Fsp3) is 0.182. The second-order valence-electron chi connectivity index (χ2n) is 2.01. The minimum atomic E-state index is 0. The van der Waals surface area contributed by atoms with Crippen LogP contribution >= 0.6 is 0 Å². The zero-order valence-corrected chi connectivity index (χ0v) is 10.3. The summed E-state index contributed by atoms with van der Waals surface area (Å²) >= 11 is 0. The standard InChI is InChI=1S/C8H10O2.3CO.Cr/c1-10-8-4-2-3-7(5-8)6-9;3*1-2;/h2-5,9H,6H2,1H3;;;;. The molecule has 0 amide bonds. The van der Waals surface area contributed by atoms with E-state index in [1.54, 1.807) is 13.2 Å². The Morgan fingerprint density at radius 3 is 1.94 bits per heavy atom. The summed E-state index contributed by atoms with van der Waals surface area (Å²) in [5.74, 6) is 0.784. The molecule has 0 heterocycles. The van der Waals surface area contributed by atoms with Crippen LogP contribution in [0.3, 0.4) is 0 Å². The van der Waals surface area contributed by atoms with Crippen LogP contribution < -0.4 is 4.74 Å². The summed E-state index contributed by atoms with van der Waals surface area (Å²) in [7, 11) is 1.61. The molecule has 0 aliphatic heterocycles. The van der Waals surface area contributed by atoms with E-state index >= 15 is 0 Å². The Hall–Kier alpha value is -1.27. The molecule has 90 valence electrons. The SMILES string of the molecule is COc1cccc(CO)c1.[C-]#[O+].[C-]#[O+].[C-]#[O+].[Cr]. The van der Waals surface area contributed by atoms with Gasteiger partial charge in [0.1, 0.15) is 5.75 Å². The molecule has 0 aliphatic carbocycles. The van der Waals surface area contributed by atoms with E-state index in [4.69, 9.17) is 23.8 Å². The number of aliphatic hydroxyl groups excluding tert-OH is 1. The molecule has 17 heavy (non-hydrogen) atoms. The normalized spacial score (nSPS) is 5.88. The molecule has 0 bridgehead atoms. The summed E-state index contributed by atoms with van der Waals surface area (Å²) in [6.07, 6.45) is 0. The molecule has 0 spiro atoms. The van der Waals surface area contributed by atoms with Crippen molar-refractivity contribution in [2.45, 2.75) is 6.61 Å². The molecule has 1 N–H and O–H groups in total. The van der Waals surface area contributed by atoms with Gasteiger partial charge in [0.2, 0.25) is 0 Å². The van der Waals surface area contributed by atoms with Gasteiger partial charge in [0.05, 0.1) is 13.7 Å². The summed E-state index contributed by atoms with van der Waals surface area (Å²) in [5.41, 5.74) is 0.874. The summed E-state index contributed by atoms with van der Waals surface area (Å²) in [5, 5.41) is 8.70. The van der Waals surface area contributed by atoms with E-state index in [2.05, 4.69) is 20.0 Å². The van der Waals surface area contributed by atoms with Crippen molar-refractivity contribution in [3.8, 4) is 5.75 Å². The van der Waals surface area contributed by atoms with Crippen LogP contribution in [-0.4, -0.2) is 12.2 Å². The van der Waals surface area contributed by atoms with Crippen molar-refractivity contribution < 1.29 is 41.2 Å². The molecule has 0 aliphatic rings. The fourth-order valence-corrected chi connectivity index (χ4v) is 0.771. The number of aliphatic hydroxyl groups is 1. The van der Waals surface area contributed by atoms with Crippen LogP contribution in [0.1, 0.15) is 5.56 Å². The van der Waals surface area contributed by atoms with Crippen molar-refractivity contribution in [1.82, 2.24) is 0 Å². The maximum Gasteiger partial charge on any atom is 0 e. The predicted octanol–water partition coefficient (Wildman–Crippen LogP) is 1.07. The molecule has 1 rings (SSSR count). The topological polar surface area (TPSA) is 89.2 Å². The Bertz CT molecular complexity index is 286. The Morgan fingerprint density at radius 1 is 1.12 bits per heavy atom. The van der Waals surface area contributed by atoms with Crippen molar-refractivity contribution in [1.29, 1.82) is 0 Å². The average Bonchev–Trinajstić information content (AvgIpc) is 2.45. The van der Waals surface area contributed by atoms with Crippen LogP contribution in [0.2, 0.25) is 0 Å². The minimum absolute atomic E-state index is 0. The molecule has 0 atom stereocenters.